The topological polar surface area (TPSA) is 56.7 Å². The molecule has 0 aliphatic carbocycles. The molecule has 0 aliphatic rings. The monoisotopic (exact) mass is 645 g/mol. The lowest BCUT2D eigenvalue weighted by Gasteiger charge is -2.10. The molecule has 0 N–H and O–H groups in total. The van der Waals surface area contributed by atoms with Crippen molar-refractivity contribution < 1.29 is 11.3 Å². The summed E-state index contributed by atoms with van der Waals surface area (Å²) in [4.78, 5) is 14.9. The van der Waals surface area contributed by atoms with Gasteiger partial charge in [0.05, 0.1) is 17.9 Å². The van der Waals surface area contributed by atoms with Crippen LogP contribution in [0.25, 0.3) is 94.7 Å². The van der Waals surface area contributed by atoms with Crippen molar-refractivity contribution in [2.24, 2.45) is 0 Å². The lowest BCUT2D eigenvalue weighted by atomic mass is 10.0. The molecule has 0 saturated heterocycles. The van der Waals surface area contributed by atoms with Gasteiger partial charge in [0.15, 0.2) is 17.5 Å². The number of hydrogen-bond donors (Lipinski definition) is 0. The van der Waals surface area contributed by atoms with Crippen molar-refractivity contribution >= 4 is 43.7 Å². The van der Waals surface area contributed by atoms with Crippen molar-refractivity contribution in [3.05, 3.63) is 170 Å². The molecule has 3 aromatic heterocycles. The summed E-state index contributed by atoms with van der Waals surface area (Å²) in [7, 11) is 0. The van der Waals surface area contributed by atoms with Gasteiger partial charge in [0, 0.05) is 49.5 Å². The van der Waals surface area contributed by atoms with E-state index < -0.39 is 18.1 Å². The van der Waals surface area contributed by atoms with E-state index in [4.69, 9.17) is 26.2 Å². The number of benzene rings is 7. The summed E-state index contributed by atoms with van der Waals surface area (Å²) in [5, 5.41) is 3.97. The second-order valence-corrected chi connectivity index (χ2v) is 12.1. The third kappa shape index (κ3) is 4.60. The molecule has 50 heavy (non-hydrogen) atoms. The van der Waals surface area contributed by atoms with Crippen LogP contribution in [-0.4, -0.2) is 19.5 Å². The maximum Gasteiger partial charge on any atom is 0.164 e. The fourth-order valence-corrected chi connectivity index (χ4v) is 6.83. The van der Waals surface area contributed by atoms with Gasteiger partial charge >= 0.3 is 0 Å². The molecule has 0 fully saturated rings. The summed E-state index contributed by atoms with van der Waals surface area (Å²) in [6.07, 6.45) is 0. The first-order valence-electron chi connectivity index (χ1n) is 18.8. The van der Waals surface area contributed by atoms with Crippen LogP contribution >= 0.6 is 0 Å². The van der Waals surface area contributed by atoms with Crippen molar-refractivity contribution in [3.63, 3.8) is 0 Å². The summed E-state index contributed by atoms with van der Waals surface area (Å²) >= 11 is 0. The molecule has 10 aromatic rings. The zero-order valence-corrected chi connectivity index (χ0v) is 26.5. The highest BCUT2D eigenvalue weighted by Gasteiger charge is 2.17. The minimum atomic E-state index is -0.439. The van der Waals surface area contributed by atoms with Gasteiger partial charge in [-0.05, 0) is 54.1 Å². The van der Waals surface area contributed by atoms with Gasteiger partial charge in [-0.2, -0.15) is 0 Å². The predicted molar refractivity (Wildman–Crippen MR) is 203 cm³/mol. The summed E-state index contributed by atoms with van der Waals surface area (Å²) in [6.45, 7) is 0. The zero-order valence-electron chi connectivity index (χ0n) is 31.5. The minimum Gasteiger partial charge on any atom is -0.455 e. The Kier molecular flexibility index (Phi) is 5.35. The van der Waals surface area contributed by atoms with Gasteiger partial charge in [-0.3, -0.25) is 0 Å². The third-order valence-corrected chi connectivity index (χ3v) is 9.16. The second-order valence-electron chi connectivity index (χ2n) is 12.1. The molecule has 0 aliphatic heterocycles. The Labute approximate surface area is 294 Å². The summed E-state index contributed by atoms with van der Waals surface area (Å²) in [5.41, 5.74) is 7.17. The van der Waals surface area contributed by atoms with Gasteiger partial charge in [0.1, 0.15) is 11.2 Å². The molecule has 0 spiro atoms. The molecule has 0 unspecified atom stereocenters. The van der Waals surface area contributed by atoms with Crippen LogP contribution in [0.4, 0.5) is 0 Å². The van der Waals surface area contributed by atoms with Crippen molar-refractivity contribution in [1.82, 2.24) is 19.5 Å². The largest absolute Gasteiger partial charge is 0.455 e. The molecule has 0 radical (unpaired) electrons. The Morgan fingerprint density at radius 3 is 1.74 bits per heavy atom. The maximum atomic E-state index is 8.59. The minimum absolute atomic E-state index is 0.0923. The predicted octanol–water partition coefficient (Wildman–Crippen LogP) is 11.5. The Hall–Kier alpha value is -6.85. The number of nitrogens with zero attached hydrogens (tertiary/aromatic N) is 4. The van der Waals surface area contributed by atoms with Crippen LogP contribution in [0.1, 0.15) is 6.85 Å². The van der Waals surface area contributed by atoms with Gasteiger partial charge < -0.3 is 8.98 Å². The fourth-order valence-electron chi connectivity index (χ4n) is 6.83. The Bertz CT molecular complexity index is 3070. The van der Waals surface area contributed by atoms with E-state index >= 15 is 0 Å². The Morgan fingerprint density at radius 1 is 0.460 bits per heavy atom. The molecule has 0 bridgehead atoms. The van der Waals surface area contributed by atoms with Crippen LogP contribution in [0, 0.1) is 0 Å². The van der Waals surface area contributed by atoms with Crippen LogP contribution < -0.4 is 0 Å². The van der Waals surface area contributed by atoms with Crippen LogP contribution in [0.2, 0.25) is 0 Å². The summed E-state index contributed by atoms with van der Waals surface area (Å²) in [5.74, 6) is 1.51. The highest BCUT2D eigenvalue weighted by molar-refractivity contribution is 6.10. The number of hydrogen-bond acceptors (Lipinski definition) is 4. The van der Waals surface area contributed by atoms with Crippen LogP contribution in [0.5, 0.6) is 0 Å². The molecule has 5 nitrogen and oxygen atoms in total. The van der Waals surface area contributed by atoms with Gasteiger partial charge in [-0.1, -0.05) is 121 Å². The number of para-hydroxylation sites is 3. The highest BCUT2D eigenvalue weighted by Crippen LogP contribution is 2.38. The first-order valence-corrected chi connectivity index (χ1v) is 16.3. The lowest BCUT2D eigenvalue weighted by molar-refractivity contribution is 0.670. The van der Waals surface area contributed by atoms with Gasteiger partial charge in [-0.15, -0.1) is 0 Å². The number of rotatable bonds is 5. The molecule has 0 saturated carbocycles. The van der Waals surface area contributed by atoms with Gasteiger partial charge in [0.2, 0.25) is 0 Å². The van der Waals surface area contributed by atoms with E-state index in [0.29, 0.717) is 39.8 Å². The van der Waals surface area contributed by atoms with E-state index in [1.807, 2.05) is 66.7 Å². The van der Waals surface area contributed by atoms with Gasteiger partial charge in [0.25, 0.3) is 0 Å². The average Bonchev–Trinajstić information content (AvgIpc) is 3.78. The lowest BCUT2D eigenvalue weighted by Crippen LogP contribution is -2.00. The maximum absolute atomic E-state index is 8.59. The number of furan rings is 1. The quantitative estimate of drug-likeness (QED) is 0.187. The van der Waals surface area contributed by atoms with E-state index in [9.17, 15) is 0 Å². The van der Waals surface area contributed by atoms with Crippen LogP contribution in [0.3, 0.4) is 0 Å². The van der Waals surface area contributed by atoms with E-state index in [1.54, 1.807) is 12.1 Å². The first-order chi connectivity index (χ1) is 26.9. The molecule has 234 valence electrons. The molecule has 7 aromatic carbocycles. The molecule has 10 rings (SSSR count). The SMILES string of the molecule is [2H]c1c([2H])c([2H])c(-c2cccc3c2oc2cc(-c4nc(-c5ccccc5)nc(-c5ccc(-n6c7ccccc7c7ccccc76)cc5)n4)ccc23)c([2H])c1[2H]. The summed E-state index contributed by atoms with van der Waals surface area (Å²) in [6, 6.07) is 44.3. The third-order valence-electron chi connectivity index (χ3n) is 9.16. The smallest absolute Gasteiger partial charge is 0.164 e. The Morgan fingerprint density at radius 2 is 1.04 bits per heavy atom. The second kappa shape index (κ2) is 11.4. The van der Waals surface area contributed by atoms with E-state index in [2.05, 4.69) is 65.2 Å². The number of aromatic nitrogens is 4. The van der Waals surface area contributed by atoms with Crippen LogP contribution in [-0.2, 0) is 0 Å². The van der Waals surface area contributed by atoms with E-state index in [1.165, 1.54) is 10.8 Å². The van der Waals surface area contributed by atoms with Gasteiger partial charge in [-0.25, -0.2) is 15.0 Å². The van der Waals surface area contributed by atoms with E-state index in [0.717, 1.165) is 38.6 Å². The molecular formula is C45H28N4O. The van der Waals surface area contributed by atoms with Crippen LogP contribution in [0.15, 0.2) is 174 Å². The van der Waals surface area contributed by atoms with Crippen molar-refractivity contribution in [2.75, 3.05) is 0 Å². The molecule has 0 amide bonds. The Balaban J connectivity index is 1.10. The van der Waals surface area contributed by atoms with Crippen molar-refractivity contribution in [2.45, 2.75) is 0 Å². The molecule has 5 heteroatoms. The van der Waals surface area contributed by atoms with Crippen molar-refractivity contribution in [1.29, 1.82) is 0 Å². The zero-order chi connectivity index (χ0) is 37.4. The molecular weight excluding hydrogens is 613 g/mol. The first kappa shape index (κ1) is 23.5. The number of fused-ring (bicyclic) bond motifs is 6. The standard InChI is InChI=1S/C45H28N4O/c1-3-12-29(13-4-1)34-18-11-19-38-37-27-24-32(28-41(37)50-42(34)38)45-47-43(30-14-5-2-6-15-30)46-44(48-45)31-22-25-33(26-23-31)49-39-20-9-7-16-35(39)36-17-8-10-21-40(36)49/h1-28H/i1D,3D,4D,12D,13D. The fraction of sp³-hybridized carbons (Fsp3) is 0. The average molecular weight is 646 g/mol. The molecule has 3 heterocycles. The normalized spacial score (nSPS) is 13.0. The van der Waals surface area contributed by atoms with E-state index in [-0.39, 0.29) is 17.6 Å². The summed E-state index contributed by atoms with van der Waals surface area (Å²) < 4.78 is 50.4. The highest BCUT2D eigenvalue weighted by atomic mass is 16.3. The van der Waals surface area contributed by atoms with Crippen molar-refractivity contribution in [3.8, 4) is 51.0 Å². The molecule has 0 atom stereocenters.